The molecule has 1 rings (SSSR count). The number of amides is 1. The third kappa shape index (κ3) is 7.98. The molecule has 28 heavy (non-hydrogen) atoms. The highest BCUT2D eigenvalue weighted by Crippen LogP contribution is 2.17. The van der Waals surface area contributed by atoms with E-state index in [1.54, 1.807) is 72.7 Å². The quantitative estimate of drug-likeness (QED) is 0.539. The molecular weight excluding hydrogens is 362 g/mol. The molecule has 0 spiro atoms. The van der Waals surface area contributed by atoms with Gasteiger partial charge in [0.25, 0.3) is 0 Å². The maximum atomic E-state index is 12.6. The predicted octanol–water partition coefficient (Wildman–Crippen LogP) is 3.85. The van der Waals surface area contributed by atoms with E-state index in [9.17, 15) is 14.4 Å². The van der Waals surface area contributed by atoms with Crippen molar-refractivity contribution in [1.29, 1.82) is 0 Å². The van der Waals surface area contributed by atoms with Crippen LogP contribution in [0.25, 0.3) is 0 Å². The number of ketones is 1. The molecule has 7 heteroatoms. The van der Waals surface area contributed by atoms with Gasteiger partial charge in [-0.3, -0.25) is 4.79 Å². The Hall–Kier alpha value is -2.57. The van der Waals surface area contributed by atoms with Crippen LogP contribution in [0.1, 0.15) is 58.8 Å². The minimum atomic E-state index is -0.691. The second-order valence-corrected chi connectivity index (χ2v) is 8.53. The van der Waals surface area contributed by atoms with E-state index in [1.807, 2.05) is 0 Å². The fourth-order valence-electron chi connectivity index (χ4n) is 2.14. The Morgan fingerprint density at radius 3 is 1.89 bits per heavy atom. The molecule has 0 saturated heterocycles. The molecule has 0 aromatic heterocycles. The van der Waals surface area contributed by atoms with Crippen LogP contribution in [-0.2, 0) is 14.3 Å². The minimum Gasteiger partial charge on any atom is -0.482 e. The lowest BCUT2D eigenvalue weighted by atomic mass is 10.0. The highest BCUT2D eigenvalue weighted by atomic mass is 16.6. The maximum Gasteiger partial charge on any atom is 0.410 e. The Balaban J connectivity index is 2.68. The molecule has 0 bridgehead atoms. The molecule has 7 nitrogen and oxygen atoms in total. The van der Waals surface area contributed by atoms with Crippen LogP contribution in [0, 0.1) is 0 Å². The van der Waals surface area contributed by atoms with Gasteiger partial charge in [0, 0.05) is 12.6 Å². The van der Waals surface area contributed by atoms with E-state index in [0.29, 0.717) is 11.3 Å². The van der Waals surface area contributed by atoms with Crippen LogP contribution in [0.2, 0.25) is 0 Å². The molecule has 1 atom stereocenters. The first kappa shape index (κ1) is 23.5. The van der Waals surface area contributed by atoms with Crippen LogP contribution in [-0.4, -0.2) is 53.6 Å². The normalized spacial score (nSPS) is 12.7. The Bertz CT molecular complexity index is 697. The van der Waals surface area contributed by atoms with Crippen molar-refractivity contribution in [3.8, 4) is 5.75 Å². The lowest BCUT2D eigenvalue weighted by molar-refractivity contribution is -0.157. The molecule has 0 heterocycles. The number of rotatable bonds is 6. The molecule has 0 saturated carbocycles. The zero-order chi connectivity index (χ0) is 21.7. The summed E-state index contributed by atoms with van der Waals surface area (Å²) in [5.41, 5.74) is -0.790. The van der Waals surface area contributed by atoms with Gasteiger partial charge in [-0.2, -0.15) is 0 Å². The van der Waals surface area contributed by atoms with Gasteiger partial charge in [0.2, 0.25) is 0 Å². The molecule has 0 radical (unpaired) electrons. The van der Waals surface area contributed by atoms with Crippen LogP contribution in [0.15, 0.2) is 24.3 Å². The van der Waals surface area contributed by atoms with Crippen molar-refractivity contribution in [2.45, 2.75) is 65.7 Å². The minimum absolute atomic E-state index is 0.220. The van der Waals surface area contributed by atoms with Crippen molar-refractivity contribution < 1.29 is 28.6 Å². The van der Waals surface area contributed by atoms with Crippen molar-refractivity contribution in [3.63, 3.8) is 0 Å². The standard InChI is InChI=1S/C21H31NO6/c1-14(22(8)19(25)28-21(5,6)7)18(24)15-9-11-16(12-10-15)26-13-17(23)27-20(2,3)4/h9-12,14H,13H2,1-8H3/t14-/m0/s1. The van der Waals surface area contributed by atoms with E-state index < -0.39 is 29.3 Å². The van der Waals surface area contributed by atoms with Crippen LogP contribution in [0.3, 0.4) is 0 Å². The molecular formula is C21H31NO6. The zero-order valence-corrected chi connectivity index (χ0v) is 18.0. The SMILES string of the molecule is C[C@@H](C(=O)c1ccc(OCC(=O)OC(C)(C)C)cc1)N(C)C(=O)OC(C)(C)C. The van der Waals surface area contributed by atoms with E-state index >= 15 is 0 Å². The van der Waals surface area contributed by atoms with Crippen molar-refractivity contribution in [2.75, 3.05) is 13.7 Å². The van der Waals surface area contributed by atoms with Gasteiger partial charge in [-0.15, -0.1) is 0 Å². The van der Waals surface area contributed by atoms with Gasteiger partial charge in [0.15, 0.2) is 12.4 Å². The summed E-state index contributed by atoms with van der Waals surface area (Å²) in [5, 5.41) is 0. The summed E-state index contributed by atoms with van der Waals surface area (Å²) in [7, 11) is 1.52. The molecule has 1 aromatic carbocycles. The lowest BCUT2D eigenvalue weighted by Gasteiger charge is -2.28. The van der Waals surface area contributed by atoms with Crippen molar-refractivity contribution in [3.05, 3.63) is 29.8 Å². The summed E-state index contributed by atoms with van der Waals surface area (Å²) >= 11 is 0. The Labute approximate surface area is 166 Å². The van der Waals surface area contributed by atoms with E-state index in [4.69, 9.17) is 14.2 Å². The van der Waals surface area contributed by atoms with E-state index in [0.717, 1.165) is 0 Å². The summed E-state index contributed by atoms with van der Waals surface area (Å²) in [5.74, 6) is -0.261. The number of hydrogen-bond acceptors (Lipinski definition) is 6. The van der Waals surface area contributed by atoms with E-state index in [1.165, 1.54) is 11.9 Å². The monoisotopic (exact) mass is 393 g/mol. The summed E-state index contributed by atoms with van der Waals surface area (Å²) in [6, 6.07) is 5.68. The number of carbonyl (C=O) groups excluding carboxylic acids is 3. The predicted molar refractivity (Wildman–Crippen MR) is 106 cm³/mol. The molecule has 0 aliphatic carbocycles. The Morgan fingerprint density at radius 1 is 0.929 bits per heavy atom. The Morgan fingerprint density at radius 2 is 1.43 bits per heavy atom. The van der Waals surface area contributed by atoms with Gasteiger partial charge < -0.3 is 19.1 Å². The van der Waals surface area contributed by atoms with E-state index in [-0.39, 0.29) is 12.4 Å². The van der Waals surface area contributed by atoms with Gasteiger partial charge in [0.05, 0.1) is 6.04 Å². The fourth-order valence-corrected chi connectivity index (χ4v) is 2.14. The second kappa shape index (κ2) is 9.08. The number of benzene rings is 1. The first-order chi connectivity index (χ1) is 12.7. The van der Waals surface area contributed by atoms with Crippen LogP contribution < -0.4 is 4.74 Å². The largest absolute Gasteiger partial charge is 0.482 e. The zero-order valence-electron chi connectivity index (χ0n) is 18.0. The van der Waals surface area contributed by atoms with Gasteiger partial charge >= 0.3 is 12.1 Å². The summed E-state index contributed by atoms with van der Waals surface area (Å²) in [6.45, 7) is 12.0. The van der Waals surface area contributed by atoms with Gasteiger partial charge in [-0.1, -0.05) is 0 Å². The highest BCUT2D eigenvalue weighted by Gasteiger charge is 2.27. The number of ether oxygens (including phenoxy) is 3. The highest BCUT2D eigenvalue weighted by molar-refractivity contribution is 6.01. The molecule has 1 amide bonds. The van der Waals surface area contributed by atoms with Crippen molar-refractivity contribution in [2.24, 2.45) is 0 Å². The molecule has 0 N–H and O–H groups in total. The molecule has 0 fully saturated rings. The summed E-state index contributed by atoms with van der Waals surface area (Å²) in [6.07, 6.45) is -0.564. The number of hydrogen-bond donors (Lipinski definition) is 0. The Kier molecular flexibility index (Phi) is 7.61. The number of likely N-dealkylation sites (N-methyl/N-ethyl adjacent to an activating group) is 1. The van der Waals surface area contributed by atoms with Crippen molar-refractivity contribution in [1.82, 2.24) is 4.90 Å². The fraction of sp³-hybridized carbons (Fsp3) is 0.571. The summed E-state index contributed by atoms with van der Waals surface area (Å²) in [4.78, 5) is 37.7. The number of carbonyl (C=O) groups is 3. The third-order valence-corrected chi connectivity index (χ3v) is 3.56. The lowest BCUT2D eigenvalue weighted by Crippen LogP contribution is -2.43. The summed E-state index contributed by atoms with van der Waals surface area (Å²) < 4.78 is 15.8. The molecule has 0 unspecified atom stereocenters. The average molecular weight is 393 g/mol. The van der Waals surface area contributed by atoms with Crippen LogP contribution in [0.5, 0.6) is 5.75 Å². The van der Waals surface area contributed by atoms with Crippen LogP contribution >= 0.6 is 0 Å². The number of Topliss-reactive ketones (excluding diaryl/α,β-unsaturated/α-hetero) is 1. The number of nitrogens with zero attached hydrogens (tertiary/aromatic N) is 1. The molecule has 0 aliphatic heterocycles. The van der Waals surface area contributed by atoms with Gasteiger partial charge in [0.1, 0.15) is 17.0 Å². The third-order valence-electron chi connectivity index (χ3n) is 3.56. The molecule has 1 aromatic rings. The van der Waals surface area contributed by atoms with Crippen LogP contribution in [0.4, 0.5) is 4.79 Å². The van der Waals surface area contributed by atoms with E-state index in [2.05, 4.69) is 0 Å². The number of esters is 1. The first-order valence-electron chi connectivity index (χ1n) is 9.14. The van der Waals surface area contributed by atoms with Gasteiger partial charge in [-0.25, -0.2) is 9.59 Å². The first-order valence-corrected chi connectivity index (χ1v) is 9.14. The maximum absolute atomic E-state index is 12.6. The average Bonchev–Trinajstić information content (AvgIpc) is 2.55. The smallest absolute Gasteiger partial charge is 0.410 e. The molecule has 156 valence electrons. The van der Waals surface area contributed by atoms with Crippen molar-refractivity contribution >= 4 is 17.8 Å². The topological polar surface area (TPSA) is 82.1 Å². The second-order valence-electron chi connectivity index (χ2n) is 8.53. The molecule has 0 aliphatic rings. The van der Waals surface area contributed by atoms with Gasteiger partial charge in [-0.05, 0) is 72.7 Å².